The van der Waals surface area contributed by atoms with Gasteiger partial charge in [0.05, 0.1) is 5.41 Å². The summed E-state index contributed by atoms with van der Waals surface area (Å²) in [4.78, 5) is 25.3. The van der Waals surface area contributed by atoms with E-state index in [1.807, 2.05) is 6.07 Å². The molecule has 0 aromatic heterocycles. The van der Waals surface area contributed by atoms with Crippen molar-refractivity contribution in [1.82, 2.24) is 4.90 Å². The fourth-order valence-electron chi connectivity index (χ4n) is 3.62. The minimum absolute atomic E-state index is 0.126. The zero-order chi connectivity index (χ0) is 15.7. The lowest BCUT2D eigenvalue weighted by molar-refractivity contribution is -0.147. The number of carboxylic acids is 1. The van der Waals surface area contributed by atoms with Crippen molar-refractivity contribution in [3.63, 3.8) is 0 Å². The quantitative estimate of drug-likeness (QED) is 0.930. The number of rotatable bonds is 4. The summed E-state index contributed by atoms with van der Waals surface area (Å²) in [6.07, 6.45) is 3.27. The molecule has 1 unspecified atom stereocenters. The number of nitrogens with zero attached hydrogens (tertiary/aromatic N) is 1. The van der Waals surface area contributed by atoms with E-state index in [-0.39, 0.29) is 5.91 Å². The standard InChI is InChI=1S/C18H23NO3/c1-18(17(21)22)7-8-19(12-18)16(20)11-13-9-15(10-13)14-5-3-2-4-6-14/h2-6,13,15H,7-12H2,1H3,(H,21,22). The van der Waals surface area contributed by atoms with Crippen molar-refractivity contribution in [2.75, 3.05) is 13.1 Å². The normalized spacial score (nSPS) is 30.9. The molecule has 1 N–H and O–H groups in total. The molecule has 2 aliphatic rings. The van der Waals surface area contributed by atoms with Crippen LogP contribution in [0.2, 0.25) is 0 Å². The van der Waals surface area contributed by atoms with Crippen LogP contribution in [0.3, 0.4) is 0 Å². The van der Waals surface area contributed by atoms with Crippen molar-refractivity contribution in [2.45, 2.75) is 38.5 Å². The van der Waals surface area contributed by atoms with Gasteiger partial charge in [-0.15, -0.1) is 0 Å². The molecular formula is C18H23NO3. The highest BCUT2D eigenvalue weighted by Crippen LogP contribution is 2.43. The summed E-state index contributed by atoms with van der Waals surface area (Å²) in [5, 5.41) is 9.23. The van der Waals surface area contributed by atoms with Gasteiger partial charge in [0.2, 0.25) is 5.91 Å². The fourth-order valence-corrected chi connectivity index (χ4v) is 3.62. The minimum atomic E-state index is -0.796. The van der Waals surface area contributed by atoms with Crippen molar-refractivity contribution in [3.8, 4) is 0 Å². The van der Waals surface area contributed by atoms with E-state index in [2.05, 4.69) is 24.3 Å². The Labute approximate surface area is 131 Å². The third kappa shape index (κ3) is 2.87. The second-order valence-electron chi connectivity index (χ2n) is 7.08. The van der Waals surface area contributed by atoms with Crippen LogP contribution in [0.15, 0.2) is 30.3 Å². The van der Waals surface area contributed by atoms with Crippen LogP contribution in [0.4, 0.5) is 0 Å². The number of carbonyl (C=O) groups excluding carboxylic acids is 1. The lowest BCUT2D eigenvalue weighted by Gasteiger charge is -2.36. The highest BCUT2D eigenvalue weighted by molar-refractivity contribution is 5.80. The molecule has 1 aliphatic heterocycles. The Bertz CT molecular complexity index is 565. The molecule has 1 heterocycles. The van der Waals surface area contributed by atoms with Crippen LogP contribution in [-0.4, -0.2) is 35.0 Å². The van der Waals surface area contributed by atoms with Crippen molar-refractivity contribution in [3.05, 3.63) is 35.9 Å². The zero-order valence-electron chi connectivity index (χ0n) is 13.0. The molecule has 0 radical (unpaired) electrons. The van der Waals surface area contributed by atoms with E-state index in [1.165, 1.54) is 5.56 Å². The van der Waals surface area contributed by atoms with Crippen LogP contribution in [0.25, 0.3) is 0 Å². The van der Waals surface area contributed by atoms with Gasteiger partial charge in [0.25, 0.3) is 0 Å². The average molecular weight is 301 g/mol. The van der Waals surface area contributed by atoms with Crippen LogP contribution in [0, 0.1) is 11.3 Å². The molecule has 1 atom stereocenters. The van der Waals surface area contributed by atoms with Gasteiger partial charge in [-0.1, -0.05) is 30.3 Å². The second kappa shape index (κ2) is 5.75. The Morgan fingerprint density at radius 3 is 2.55 bits per heavy atom. The maximum absolute atomic E-state index is 12.3. The number of hydrogen-bond donors (Lipinski definition) is 1. The van der Waals surface area contributed by atoms with Gasteiger partial charge >= 0.3 is 5.97 Å². The predicted molar refractivity (Wildman–Crippen MR) is 83.5 cm³/mol. The summed E-state index contributed by atoms with van der Waals surface area (Å²) in [5.41, 5.74) is 0.604. The lowest BCUT2D eigenvalue weighted by atomic mass is 9.70. The van der Waals surface area contributed by atoms with Gasteiger partial charge < -0.3 is 10.0 Å². The van der Waals surface area contributed by atoms with E-state index in [9.17, 15) is 14.7 Å². The molecule has 1 aliphatic carbocycles. The van der Waals surface area contributed by atoms with Crippen LogP contribution in [0.1, 0.15) is 44.1 Å². The lowest BCUT2D eigenvalue weighted by Crippen LogP contribution is -2.36. The molecule has 118 valence electrons. The Morgan fingerprint density at radius 2 is 1.95 bits per heavy atom. The van der Waals surface area contributed by atoms with Crippen molar-refractivity contribution < 1.29 is 14.7 Å². The molecule has 1 saturated heterocycles. The summed E-state index contributed by atoms with van der Waals surface area (Å²) in [7, 11) is 0. The third-order valence-electron chi connectivity index (χ3n) is 5.31. The molecule has 2 fully saturated rings. The molecule has 4 heteroatoms. The van der Waals surface area contributed by atoms with Crippen molar-refractivity contribution in [1.29, 1.82) is 0 Å². The van der Waals surface area contributed by atoms with E-state index in [4.69, 9.17) is 0 Å². The Morgan fingerprint density at radius 1 is 1.27 bits per heavy atom. The zero-order valence-corrected chi connectivity index (χ0v) is 13.0. The van der Waals surface area contributed by atoms with E-state index < -0.39 is 11.4 Å². The molecule has 3 rings (SSSR count). The smallest absolute Gasteiger partial charge is 0.311 e. The molecule has 1 aromatic carbocycles. The van der Waals surface area contributed by atoms with Crippen LogP contribution < -0.4 is 0 Å². The molecule has 0 spiro atoms. The third-order valence-corrected chi connectivity index (χ3v) is 5.31. The molecule has 0 bridgehead atoms. The van der Waals surface area contributed by atoms with Crippen LogP contribution in [-0.2, 0) is 9.59 Å². The van der Waals surface area contributed by atoms with Crippen molar-refractivity contribution >= 4 is 11.9 Å². The van der Waals surface area contributed by atoms with Gasteiger partial charge in [0.15, 0.2) is 0 Å². The average Bonchev–Trinajstić information content (AvgIpc) is 2.87. The number of likely N-dealkylation sites (tertiary alicyclic amines) is 1. The number of amides is 1. The van der Waals surface area contributed by atoms with E-state index in [0.717, 1.165) is 12.8 Å². The Hall–Kier alpha value is -1.84. The minimum Gasteiger partial charge on any atom is -0.481 e. The predicted octanol–water partition coefficient (Wildman–Crippen LogP) is 2.89. The van der Waals surface area contributed by atoms with Gasteiger partial charge in [0, 0.05) is 19.5 Å². The number of benzene rings is 1. The van der Waals surface area contributed by atoms with E-state index in [1.54, 1.807) is 11.8 Å². The monoisotopic (exact) mass is 301 g/mol. The van der Waals surface area contributed by atoms with E-state index >= 15 is 0 Å². The first kappa shape index (κ1) is 15.1. The number of aliphatic carboxylic acids is 1. The largest absolute Gasteiger partial charge is 0.481 e. The topological polar surface area (TPSA) is 57.6 Å². The summed E-state index contributed by atoms with van der Waals surface area (Å²) in [6, 6.07) is 10.5. The molecule has 1 amide bonds. The van der Waals surface area contributed by atoms with Crippen LogP contribution >= 0.6 is 0 Å². The van der Waals surface area contributed by atoms with Gasteiger partial charge in [-0.05, 0) is 43.6 Å². The van der Waals surface area contributed by atoms with Crippen molar-refractivity contribution in [2.24, 2.45) is 11.3 Å². The SMILES string of the molecule is CC1(C(=O)O)CCN(C(=O)CC2CC(c3ccccc3)C2)C1. The fraction of sp³-hybridized carbons (Fsp3) is 0.556. The Kier molecular flexibility index (Phi) is 3.94. The van der Waals surface area contributed by atoms with Gasteiger partial charge in [-0.2, -0.15) is 0 Å². The van der Waals surface area contributed by atoms with E-state index in [0.29, 0.717) is 37.8 Å². The second-order valence-corrected chi connectivity index (χ2v) is 7.08. The van der Waals surface area contributed by atoms with Gasteiger partial charge in [-0.25, -0.2) is 0 Å². The number of hydrogen-bond acceptors (Lipinski definition) is 2. The molecule has 22 heavy (non-hydrogen) atoms. The summed E-state index contributed by atoms with van der Waals surface area (Å²) in [5.74, 6) is 0.369. The summed E-state index contributed by atoms with van der Waals surface area (Å²) < 4.78 is 0. The Balaban J connectivity index is 1.48. The van der Waals surface area contributed by atoms with Gasteiger partial charge in [0.1, 0.15) is 0 Å². The maximum Gasteiger partial charge on any atom is 0.311 e. The number of carbonyl (C=O) groups is 2. The highest BCUT2D eigenvalue weighted by atomic mass is 16.4. The molecule has 4 nitrogen and oxygen atoms in total. The molecule has 1 aromatic rings. The first-order valence-electron chi connectivity index (χ1n) is 8.04. The first-order valence-corrected chi connectivity index (χ1v) is 8.04. The molecule has 1 saturated carbocycles. The van der Waals surface area contributed by atoms with Gasteiger partial charge in [-0.3, -0.25) is 9.59 Å². The highest BCUT2D eigenvalue weighted by Gasteiger charge is 2.43. The number of carboxylic acid groups (broad SMARTS) is 1. The summed E-state index contributed by atoms with van der Waals surface area (Å²) >= 11 is 0. The first-order chi connectivity index (χ1) is 10.5. The summed E-state index contributed by atoms with van der Waals surface area (Å²) in [6.45, 7) is 2.67. The molecular weight excluding hydrogens is 278 g/mol. The van der Waals surface area contributed by atoms with Crippen LogP contribution in [0.5, 0.6) is 0 Å². The maximum atomic E-state index is 12.3.